The quantitative estimate of drug-likeness (QED) is 0.395. The van der Waals surface area contributed by atoms with Crippen LogP contribution in [0.15, 0.2) is 12.4 Å². The first-order valence-corrected chi connectivity index (χ1v) is 5.73. The molecule has 18 heavy (non-hydrogen) atoms. The zero-order chi connectivity index (χ0) is 13.1. The van der Waals surface area contributed by atoms with Crippen molar-refractivity contribution >= 4 is 11.8 Å². The number of rotatable bonds is 3. The molecule has 0 radical (unpaired) electrons. The minimum Gasteiger partial charge on any atom is -0.463 e. The van der Waals surface area contributed by atoms with Crippen molar-refractivity contribution < 1.29 is 14.3 Å². The predicted octanol–water partition coefficient (Wildman–Crippen LogP) is -0.878. The number of carbonyl (C=O) groups is 2. The second kappa shape index (κ2) is 5.18. The number of hydrogen-bond acceptors (Lipinski definition) is 6. The molecule has 1 aliphatic rings. The smallest absolute Gasteiger partial charge is 0.382 e. The summed E-state index contributed by atoms with van der Waals surface area (Å²) in [6, 6.07) is 0. The van der Waals surface area contributed by atoms with Crippen molar-refractivity contribution in [1.29, 1.82) is 0 Å². The number of aromatic nitrogens is 2. The van der Waals surface area contributed by atoms with Crippen LogP contribution in [-0.2, 0) is 9.53 Å². The molecule has 1 saturated heterocycles. The van der Waals surface area contributed by atoms with E-state index in [1.165, 1.54) is 13.3 Å². The zero-order valence-corrected chi connectivity index (χ0v) is 10.5. The number of methoxy groups -OCH3 is 1. The minimum absolute atomic E-state index is 0.103. The summed E-state index contributed by atoms with van der Waals surface area (Å²) >= 11 is 0. The number of ether oxygens (including phenoxy) is 1. The van der Waals surface area contributed by atoms with Gasteiger partial charge in [-0.2, -0.15) is 0 Å². The molecule has 1 aliphatic heterocycles. The molecular weight excluding hydrogens is 236 g/mol. The Kier molecular flexibility index (Phi) is 3.61. The van der Waals surface area contributed by atoms with Crippen molar-refractivity contribution in [3.05, 3.63) is 18.2 Å². The first-order valence-electron chi connectivity index (χ1n) is 5.73. The van der Waals surface area contributed by atoms with E-state index in [4.69, 9.17) is 0 Å². The molecule has 7 nitrogen and oxygen atoms in total. The summed E-state index contributed by atoms with van der Waals surface area (Å²) in [6.45, 7) is 3.39. The summed E-state index contributed by atoms with van der Waals surface area (Å²) in [5.41, 5.74) is 0. The van der Waals surface area contributed by atoms with Gasteiger partial charge in [-0.3, -0.25) is 4.79 Å². The van der Waals surface area contributed by atoms with E-state index in [0.717, 1.165) is 26.2 Å². The Bertz CT molecular complexity index is 449. The minimum atomic E-state index is -0.892. The maximum absolute atomic E-state index is 11.8. The summed E-state index contributed by atoms with van der Waals surface area (Å²) in [5, 5.41) is 1.99. The van der Waals surface area contributed by atoms with Crippen molar-refractivity contribution in [2.24, 2.45) is 0 Å². The van der Waals surface area contributed by atoms with Gasteiger partial charge >= 0.3 is 11.8 Å². The van der Waals surface area contributed by atoms with Crippen molar-refractivity contribution in [3.63, 3.8) is 0 Å². The van der Waals surface area contributed by atoms with Crippen LogP contribution in [0.4, 0.5) is 0 Å². The van der Waals surface area contributed by atoms with Crippen LogP contribution in [0.25, 0.3) is 0 Å². The molecule has 7 heteroatoms. The van der Waals surface area contributed by atoms with Gasteiger partial charge in [-0.25, -0.2) is 14.5 Å². The molecule has 2 rings (SSSR count). The molecule has 1 aromatic heterocycles. The van der Waals surface area contributed by atoms with E-state index in [9.17, 15) is 9.59 Å². The fourth-order valence-electron chi connectivity index (χ4n) is 1.88. The normalized spacial score (nSPS) is 16.7. The Hall–Kier alpha value is -1.89. The van der Waals surface area contributed by atoms with Gasteiger partial charge in [0.25, 0.3) is 0 Å². The second-order valence-corrected chi connectivity index (χ2v) is 4.17. The Morgan fingerprint density at radius 1 is 1.28 bits per heavy atom. The summed E-state index contributed by atoms with van der Waals surface area (Å²) < 4.78 is 6.06. The average molecular weight is 252 g/mol. The number of nitrogens with zero attached hydrogens (tertiary/aromatic N) is 4. The van der Waals surface area contributed by atoms with Crippen molar-refractivity contribution in [1.82, 2.24) is 14.6 Å². The van der Waals surface area contributed by atoms with Crippen molar-refractivity contribution in [2.45, 2.75) is 0 Å². The van der Waals surface area contributed by atoms with E-state index >= 15 is 0 Å². The summed E-state index contributed by atoms with van der Waals surface area (Å²) in [6.07, 6.45) is 3.19. The lowest BCUT2D eigenvalue weighted by molar-refractivity contribution is -0.135. The fourth-order valence-corrected chi connectivity index (χ4v) is 1.88. The number of piperazine rings is 1. The highest BCUT2D eigenvalue weighted by Crippen LogP contribution is 2.05. The molecule has 0 aromatic carbocycles. The van der Waals surface area contributed by atoms with Gasteiger partial charge in [0.15, 0.2) is 0 Å². The summed E-state index contributed by atoms with van der Waals surface area (Å²) in [7, 11) is 3.23. The van der Waals surface area contributed by atoms with Crippen LogP contribution < -0.4 is 5.01 Å². The highest BCUT2D eigenvalue weighted by atomic mass is 16.5. The second-order valence-electron chi connectivity index (χ2n) is 4.17. The van der Waals surface area contributed by atoms with Gasteiger partial charge in [0.2, 0.25) is 5.82 Å². The molecule has 0 saturated carbocycles. The van der Waals surface area contributed by atoms with Gasteiger partial charge in [0, 0.05) is 38.6 Å². The molecule has 0 amide bonds. The maximum atomic E-state index is 11.8. The van der Waals surface area contributed by atoms with Gasteiger partial charge in [0.1, 0.15) is 0 Å². The zero-order valence-electron chi connectivity index (χ0n) is 10.5. The standard InChI is InChI=1S/C11H16N4O3/c1-13-5-7-14(8-6-13)15-4-3-12-10(15)9(16)11(17)18-2/h3-4H,5-8H2,1-2H3. The number of likely N-dealkylation sites (N-methyl/N-ethyl adjacent to an activating group) is 1. The lowest BCUT2D eigenvalue weighted by atomic mass is 10.3. The van der Waals surface area contributed by atoms with Gasteiger partial charge < -0.3 is 14.6 Å². The molecule has 1 fully saturated rings. The number of hydrogen-bond donors (Lipinski definition) is 0. The van der Waals surface area contributed by atoms with Gasteiger partial charge in [0.05, 0.1) is 7.11 Å². The van der Waals surface area contributed by atoms with E-state index in [1.54, 1.807) is 10.9 Å². The van der Waals surface area contributed by atoms with Crippen molar-refractivity contribution in [3.8, 4) is 0 Å². The molecule has 2 heterocycles. The topological polar surface area (TPSA) is 67.7 Å². The molecule has 0 atom stereocenters. The van der Waals surface area contributed by atoms with E-state index in [1.807, 2.05) is 12.1 Å². The number of imidazole rings is 1. The van der Waals surface area contributed by atoms with Crippen LogP contribution >= 0.6 is 0 Å². The molecular formula is C11H16N4O3. The summed E-state index contributed by atoms with van der Waals surface area (Å²) in [5.74, 6) is -1.51. The maximum Gasteiger partial charge on any atom is 0.382 e. The highest BCUT2D eigenvalue weighted by molar-refractivity contribution is 6.39. The van der Waals surface area contributed by atoms with E-state index in [2.05, 4.69) is 14.6 Å². The Morgan fingerprint density at radius 2 is 1.94 bits per heavy atom. The summed E-state index contributed by atoms with van der Waals surface area (Å²) in [4.78, 5) is 29.2. The first kappa shape index (κ1) is 12.6. The highest BCUT2D eigenvalue weighted by Gasteiger charge is 2.25. The van der Waals surface area contributed by atoms with E-state index in [-0.39, 0.29) is 5.82 Å². The van der Waals surface area contributed by atoms with Crippen molar-refractivity contribution in [2.75, 3.05) is 45.3 Å². The van der Waals surface area contributed by atoms with Gasteiger partial charge in [-0.1, -0.05) is 0 Å². The number of carbonyl (C=O) groups excluding carboxylic acids is 2. The Labute approximate surface area is 105 Å². The monoisotopic (exact) mass is 252 g/mol. The lowest BCUT2D eigenvalue weighted by Gasteiger charge is -2.34. The predicted molar refractivity (Wildman–Crippen MR) is 64.0 cm³/mol. The molecule has 0 unspecified atom stereocenters. The number of esters is 1. The molecule has 1 aromatic rings. The van der Waals surface area contributed by atoms with Crippen LogP contribution in [0.2, 0.25) is 0 Å². The molecule has 0 spiro atoms. The largest absolute Gasteiger partial charge is 0.463 e. The van der Waals surface area contributed by atoms with Crippen LogP contribution in [0.3, 0.4) is 0 Å². The third kappa shape index (κ3) is 2.35. The SMILES string of the molecule is COC(=O)C(=O)c1nccn1N1CCN(C)CC1. The third-order valence-corrected chi connectivity index (χ3v) is 2.98. The van der Waals surface area contributed by atoms with Crippen LogP contribution in [-0.4, -0.2) is 66.6 Å². The third-order valence-electron chi connectivity index (χ3n) is 2.98. The van der Waals surface area contributed by atoms with Crippen LogP contribution in [0, 0.1) is 0 Å². The fraction of sp³-hybridized carbons (Fsp3) is 0.545. The molecule has 0 N–H and O–H groups in total. The number of Topliss-reactive ketones (excluding diaryl/α,β-unsaturated/α-hetero) is 1. The van der Waals surface area contributed by atoms with Gasteiger partial charge in [-0.15, -0.1) is 0 Å². The van der Waals surface area contributed by atoms with E-state index < -0.39 is 11.8 Å². The first-order chi connectivity index (χ1) is 8.63. The molecule has 0 bridgehead atoms. The Morgan fingerprint density at radius 3 is 2.56 bits per heavy atom. The van der Waals surface area contributed by atoms with Crippen LogP contribution in [0.1, 0.15) is 10.6 Å². The Balaban J connectivity index is 2.17. The van der Waals surface area contributed by atoms with Crippen LogP contribution in [0.5, 0.6) is 0 Å². The van der Waals surface area contributed by atoms with E-state index in [0.29, 0.717) is 0 Å². The average Bonchev–Trinajstić information content (AvgIpc) is 2.87. The van der Waals surface area contributed by atoms with Gasteiger partial charge in [-0.05, 0) is 7.05 Å². The lowest BCUT2D eigenvalue weighted by Crippen LogP contribution is -2.50. The number of ketones is 1. The molecule has 98 valence electrons. The molecule has 0 aliphatic carbocycles.